The Morgan fingerprint density at radius 3 is 2.86 bits per heavy atom. The van der Waals surface area contributed by atoms with Gasteiger partial charge in [0.15, 0.2) is 5.13 Å². The molecule has 3 heterocycles. The van der Waals surface area contributed by atoms with Gasteiger partial charge in [-0.2, -0.15) is 0 Å². The summed E-state index contributed by atoms with van der Waals surface area (Å²) in [5.41, 5.74) is 1.16. The zero-order valence-corrected chi connectivity index (χ0v) is 9.32. The van der Waals surface area contributed by atoms with Gasteiger partial charge in [0.05, 0.1) is 5.69 Å². The fourth-order valence-electron chi connectivity index (χ4n) is 2.37. The second-order valence-electron chi connectivity index (χ2n) is 4.34. The third-order valence-electron chi connectivity index (χ3n) is 3.46. The Bertz CT molecular complexity index is 327. The standard InChI is InChI=1S/C10H15N3S/c1-5-6(2)14-10(12-5)13-9-7-3-8(9)11-4-7/h7-9,11H,3-4H2,1-2H3,(H,12,13). The highest BCUT2D eigenvalue weighted by molar-refractivity contribution is 7.15. The van der Waals surface area contributed by atoms with Gasteiger partial charge in [0.1, 0.15) is 0 Å². The van der Waals surface area contributed by atoms with E-state index in [2.05, 4.69) is 29.5 Å². The molecule has 0 spiro atoms. The van der Waals surface area contributed by atoms with Crippen molar-refractivity contribution in [2.75, 3.05) is 11.9 Å². The summed E-state index contributed by atoms with van der Waals surface area (Å²) in [6, 6.07) is 1.34. The number of nitrogens with one attached hydrogen (secondary N) is 2. The molecule has 3 unspecified atom stereocenters. The summed E-state index contributed by atoms with van der Waals surface area (Å²) in [5.74, 6) is 0.838. The molecule has 3 fully saturated rings. The van der Waals surface area contributed by atoms with Crippen LogP contribution in [0.3, 0.4) is 0 Å². The Morgan fingerprint density at radius 2 is 2.36 bits per heavy atom. The van der Waals surface area contributed by atoms with E-state index in [9.17, 15) is 0 Å². The normalized spacial score (nSPS) is 34.3. The number of thiazole rings is 1. The Kier molecular flexibility index (Phi) is 1.82. The molecular formula is C10H15N3S. The fraction of sp³-hybridized carbons (Fsp3) is 0.700. The highest BCUT2D eigenvalue weighted by atomic mass is 32.1. The third kappa shape index (κ3) is 1.17. The molecule has 1 saturated carbocycles. The lowest BCUT2D eigenvalue weighted by Gasteiger charge is -2.34. The fourth-order valence-corrected chi connectivity index (χ4v) is 3.23. The van der Waals surface area contributed by atoms with Crippen LogP contribution in [0.4, 0.5) is 5.13 Å². The Morgan fingerprint density at radius 1 is 1.50 bits per heavy atom. The van der Waals surface area contributed by atoms with Gasteiger partial charge in [0.2, 0.25) is 0 Å². The highest BCUT2D eigenvalue weighted by Crippen LogP contribution is 2.37. The van der Waals surface area contributed by atoms with Gasteiger partial charge in [-0.1, -0.05) is 0 Å². The van der Waals surface area contributed by atoms with Gasteiger partial charge in [-0.3, -0.25) is 0 Å². The van der Waals surface area contributed by atoms with Gasteiger partial charge in [0.25, 0.3) is 0 Å². The number of hydrogen-bond acceptors (Lipinski definition) is 4. The number of aryl methyl sites for hydroxylation is 2. The minimum absolute atomic E-state index is 0.639. The monoisotopic (exact) mass is 209 g/mol. The molecule has 0 aromatic carbocycles. The molecule has 2 saturated heterocycles. The number of nitrogens with zero attached hydrogens (tertiary/aromatic N) is 1. The molecule has 3 atom stereocenters. The molecule has 3 aliphatic rings. The summed E-state index contributed by atoms with van der Waals surface area (Å²) >= 11 is 1.77. The zero-order valence-electron chi connectivity index (χ0n) is 8.50. The van der Waals surface area contributed by atoms with Gasteiger partial charge in [-0.15, -0.1) is 11.3 Å². The summed E-state index contributed by atoms with van der Waals surface area (Å²) in [5, 5.41) is 8.15. The van der Waals surface area contributed by atoms with E-state index in [-0.39, 0.29) is 0 Å². The van der Waals surface area contributed by atoms with E-state index in [1.54, 1.807) is 11.3 Å². The van der Waals surface area contributed by atoms with Gasteiger partial charge in [-0.05, 0) is 26.2 Å². The molecule has 0 radical (unpaired) electrons. The van der Waals surface area contributed by atoms with E-state index >= 15 is 0 Å². The van der Waals surface area contributed by atoms with Crippen molar-refractivity contribution in [3.63, 3.8) is 0 Å². The second-order valence-corrected chi connectivity index (χ2v) is 5.54. The average Bonchev–Trinajstić information content (AvgIpc) is 2.78. The molecule has 4 rings (SSSR count). The van der Waals surface area contributed by atoms with Crippen molar-refractivity contribution < 1.29 is 0 Å². The van der Waals surface area contributed by atoms with Crippen LogP contribution in [-0.2, 0) is 0 Å². The first-order valence-electron chi connectivity index (χ1n) is 5.18. The molecule has 14 heavy (non-hydrogen) atoms. The zero-order chi connectivity index (χ0) is 9.71. The summed E-state index contributed by atoms with van der Waals surface area (Å²) in [6.45, 7) is 5.39. The lowest BCUT2D eigenvalue weighted by Crippen LogP contribution is -2.47. The van der Waals surface area contributed by atoms with Crippen molar-refractivity contribution in [1.29, 1.82) is 0 Å². The maximum absolute atomic E-state index is 4.51. The van der Waals surface area contributed by atoms with Crippen LogP contribution in [0.1, 0.15) is 17.0 Å². The third-order valence-corrected chi connectivity index (χ3v) is 4.46. The van der Waals surface area contributed by atoms with E-state index in [1.807, 2.05) is 0 Å². The predicted octanol–water partition coefficient (Wildman–Crippen LogP) is 1.53. The van der Waals surface area contributed by atoms with Gasteiger partial charge < -0.3 is 10.6 Å². The first kappa shape index (κ1) is 8.68. The minimum Gasteiger partial charge on any atom is -0.357 e. The molecule has 2 N–H and O–H groups in total. The maximum atomic E-state index is 4.51. The number of fused-ring (bicyclic) bond motifs is 1. The number of aromatic nitrogens is 1. The first-order valence-corrected chi connectivity index (χ1v) is 5.99. The molecule has 3 nitrogen and oxygen atoms in total. The highest BCUT2D eigenvalue weighted by Gasteiger charge is 2.46. The van der Waals surface area contributed by atoms with Crippen LogP contribution in [0.2, 0.25) is 0 Å². The molecule has 1 aliphatic carbocycles. The van der Waals surface area contributed by atoms with Crippen LogP contribution in [-0.4, -0.2) is 23.6 Å². The van der Waals surface area contributed by atoms with Gasteiger partial charge >= 0.3 is 0 Å². The topological polar surface area (TPSA) is 37.0 Å². The lowest BCUT2D eigenvalue weighted by atomic mass is 9.80. The second kappa shape index (κ2) is 2.94. The quantitative estimate of drug-likeness (QED) is 0.775. The molecule has 4 heteroatoms. The molecule has 1 aromatic heterocycles. The van der Waals surface area contributed by atoms with E-state index in [0.29, 0.717) is 12.1 Å². The van der Waals surface area contributed by atoms with Crippen LogP contribution in [0, 0.1) is 19.8 Å². The van der Waals surface area contributed by atoms with Crippen molar-refractivity contribution in [2.45, 2.75) is 32.4 Å². The van der Waals surface area contributed by atoms with Crippen LogP contribution < -0.4 is 10.6 Å². The van der Waals surface area contributed by atoms with Crippen LogP contribution >= 0.6 is 11.3 Å². The summed E-state index contributed by atoms with van der Waals surface area (Å²) in [7, 11) is 0. The molecule has 2 bridgehead atoms. The largest absolute Gasteiger partial charge is 0.357 e. The smallest absolute Gasteiger partial charge is 0.183 e. The van der Waals surface area contributed by atoms with Crippen LogP contribution in [0.25, 0.3) is 0 Å². The average molecular weight is 209 g/mol. The number of hydrogen-bond donors (Lipinski definition) is 2. The molecule has 1 aromatic rings. The Labute approximate surface area is 87.9 Å². The summed E-state index contributed by atoms with van der Waals surface area (Å²) in [6.07, 6.45) is 1.35. The van der Waals surface area contributed by atoms with Crippen molar-refractivity contribution in [2.24, 2.45) is 5.92 Å². The molecule has 0 amide bonds. The summed E-state index contributed by atoms with van der Waals surface area (Å²) in [4.78, 5) is 5.83. The van der Waals surface area contributed by atoms with Gasteiger partial charge in [-0.25, -0.2) is 4.98 Å². The minimum atomic E-state index is 0.639. The van der Waals surface area contributed by atoms with Gasteiger partial charge in [0, 0.05) is 23.5 Å². The number of anilines is 1. The van der Waals surface area contributed by atoms with Crippen molar-refractivity contribution in [3.8, 4) is 0 Å². The molecular weight excluding hydrogens is 194 g/mol. The van der Waals surface area contributed by atoms with Crippen molar-refractivity contribution >= 4 is 16.5 Å². The van der Waals surface area contributed by atoms with Crippen molar-refractivity contribution in [1.82, 2.24) is 10.3 Å². The first-order chi connectivity index (χ1) is 6.74. The maximum Gasteiger partial charge on any atom is 0.183 e. The number of rotatable bonds is 2. The van der Waals surface area contributed by atoms with E-state index in [4.69, 9.17) is 0 Å². The summed E-state index contributed by atoms with van der Waals surface area (Å²) < 4.78 is 0. The SMILES string of the molecule is Cc1nc(NC2C3CNC2C3)sc1C. The predicted molar refractivity (Wildman–Crippen MR) is 58.9 cm³/mol. The molecule has 2 aliphatic heterocycles. The Hall–Kier alpha value is -0.610. The van der Waals surface area contributed by atoms with Crippen molar-refractivity contribution in [3.05, 3.63) is 10.6 Å². The lowest BCUT2D eigenvalue weighted by molar-refractivity contribution is 0.327. The van der Waals surface area contributed by atoms with E-state index in [0.717, 1.165) is 16.7 Å². The van der Waals surface area contributed by atoms with E-state index < -0.39 is 0 Å². The Balaban J connectivity index is 1.73. The molecule has 76 valence electrons. The van der Waals surface area contributed by atoms with Crippen LogP contribution in [0.15, 0.2) is 0 Å². The van der Waals surface area contributed by atoms with E-state index in [1.165, 1.54) is 17.8 Å². The van der Waals surface area contributed by atoms with Crippen LogP contribution in [0.5, 0.6) is 0 Å².